The highest BCUT2D eigenvalue weighted by Crippen LogP contribution is 2.36. The Morgan fingerprint density at radius 2 is 2.06 bits per heavy atom. The van der Waals surface area contributed by atoms with Gasteiger partial charge in [0.15, 0.2) is 0 Å². The Morgan fingerprint density at radius 1 is 1.35 bits per heavy atom. The van der Waals surface area contributed by atoms with Crippen LogP contribution in [-0.4, -0.2) is 24.5 Å². The molecule has 1 aromatic rings. The summed E-state index contributed by atoms with van der Waals surface area (Å²) >= 11 is 1.60. The quantitative estimate of drug-likeness (QED) is 0.917. The second-order valence-electron chi connectivity index (χ2n) is 4.20. The fourth-order valence-electron chi connectivity index (χ4n) is 1.65. The van der Waals surface area contributed by atoms with E-state index in [4.69, 9.17) is 0 Å². The molecule has 0 radical (unpaired) electrons. The van der Waals surface area contributed by atoms with Gasteiger partial charge in [0.05, 0.1) is 9.80 Å². The van der Waals surface area contributed by atoms with Gasteiger partial charge < -0.3 is 5.11 Å². The maximum atomic E-state index is 12.1. The minimum absolute atomic E-state index is 0.0907. The van der Waals surface area contributed by atoms with E-state index in [0.29, 0.717) is 26.4 Å². The van der Waals surface area contributed by atoms with E-state index in [1.165, 1.54) is 18.2 Å². The Kier molecular flexibility index (Phi) is 3.23. The van der Waals surface area contributed by atoms with Crippen molar-refractivity contribution in [1.29, 1.82) is 0 Å². The van der Waals surface area contributed by atoms with E-state index in [1.807, 2.05) is 13.8 Å². The maximum Gasteiger partial charge on any atom is 0.204 e. The maximum absolute atomic E-state index is 12.1. The molecule has 0 saturated carbocycles. The van der Waals surface area contributed by atoms with Gasteiger partial charge in [-0.05, 0) is 35.1 Å². The van der Waals surface area contributed by atoms with Crippen LogP contribution < -0.4 is 0 Å². The lowest BCUT2D eigenvalue weighted by Crippen LogP contribution is -2.04. The fraction of sp³-hybridized carbons (Fsp3) is 0.333. The summed E-state index contributed by atoms with van der Waals surface area (Å²) in [6.07, 6.45) is 1.65. The van der Waals surface area contributed by atoms with Crippen molar-refractivity contribution in [1.82, 2.24) is 0 Å². The number of aromatic hydroxyl groups is 1. The molecule has 1 heterocycles. The zero-order valence-corrected chi connectivity index (χ0v) is 11.3. The SMILES string of the molecule is CC(C)SCC1=Cc2cc(O)ccc2S1(=O)=O. The first-order chi connectivity index (χ1) is 7.91. The summed E-state index contributed by atoms with van der Waals surface area (Å²) in [7, 11) is -3.33. The zero-order valence-electron chi connectivity index (χ0n) is 9.67. The molecule has 3 nitrogen and oxygen atoms in total. The zero-order chi connectivity index (χ0) is 12.6. The predicted molar refractivity (Wildman–Crippen MR) is 70.9 cm³/mol. The molecule has 1 aliphatic heterocycles. The molecule has 1 aliphatic rings. The first kappa shape index (κ1) is 12.5. The number of thioether (sulfide) groups is 1. The van der Waals surface area contributed by atoms with Crippen LogP contribution in [0.5, 0.6) is 5.75 Å². The third-order valence-electron chi connectivity index (χ3n) is 2.50. The van der Waals surface area contributed by atoms with Gasteiger partial charge in [0.1, 0.15) is 5.75 Å². The summed E-state index contributed by atoms with van der Waals surface area (Å²) in [4.78, 5) is 0.728. The Balaban J connectivity index is 2.37. The van der Waals surface area contributed by atoms with Crippen LogP contribution in [0.25, 0.3) is 6.08 Å². The Morgan fingerprint density at radius 3 is 2.71 bits per heavy atom. The highest BCUT2D eigenvalue weighted by molar-refractivity contribution is 8.02. The summed E-state index contributed by atoms with van der Waals surface area (Å²) in [6, 6.07) is 4.35. The van der Waals surface area contributed by atoms with Gasteiger partial charge in [-0.3, -0.25) is 0 Å². The molecule has 0 bridgehead atoms. The van der Waals surface area contributed by atoms with Crippen LogP contribution >= 0.6 is 11.8 Å². The van der Waals surface area contributed by atoms with Gasteiger partial charge in [0.25, 0.3) is 0 Å². The van der Waals surface area contributed by atoms with Gasteiger partial charge in [0.2, 0.25) is 9.84 Å². The molecule has 0 aliphatic carbocycles. The van der Waals surface area contributed by atoms with E-state index < -0.39 is 9.84 Å². The van der Waals surface area contributed by atoms with Crippen molar-refractivity contribution in [3.63, 3.8) is 0 Å². The van der Waals surface area contributed by atoms with E-state index in [9.17, 15) is 13.5 Å². The second-order valence-corrected chi connectivity index (χ2v) is 7.73. The van der Waals surface area contributed by atoms with Crippen molar-refractivity contribution >= 4 is 27.7 Å². The van der Waals surface area contributed by atoms with E-state index in [-0.39, 0.29) is 5.75 Å². The highest BCUT2D eigenvalue weighted by Gasteiger charge is 2.29. The predicted octanol–water partition coefficient (Wildman–Crippen LogP) is 2.66. The van der Waals surface area contributed by atoms with Crippen LogP contribution in [0.4, 0.5) is 0 Å². The second kappa shape index (κ2) is 4.38. The first-order valence-electron chi connectivity index (χ1n) is 5.31. The normalized spacial score (nSPS) is 17.0. The van der Waals surface area contributed by atoms with E-state index in [1.54, 1.807) is 17.8 Å². The van der Waals surface area contributed by atoms with Crippen molar-refractivity contribution in [2.45, 2.75) is 24.0 Å². The fourth-order valence-corrected chi connectivity index (χ4v) is 4.30. The van der Waals surface area contributed by atoms with Crippen LogP contribution in [0.3, 0.4) is 0 Å². The average Bonchev–Trinajstić information content (AvgIpc) is 2.46. The van der Waals surface area contributed by atoms with Crippen LogP contribution in [0, 0.1) is 0 Å². The van der Waals surface area contributed by atoms with Gasteiger partial charge in [-0.1, -0.05) is 13.8 Å². The summed E-state index contributed by atoms with van der Waals surface area (Å²) in [5.41, 5.74) is 0.587. The van der Waals surface area contributed by atoms with E-state index >= 15 is 0 Å². The lowest BCUT2D eigenvalue weighted by atomic mass is 10.2. The van der Waals surface area contributed by atoms with Gasteiger partial charge in [-0.25, -0.2) is 8.42 Å². The lowest BCUT2D eigenvalue weighted by molar-refractivity contribution is 0.474. The smallest absolute Gasteiger partial charge is 0.204 e. The number of sulfone groups is 1. The number of benzene rings is 1. The number of rotatable bonds is 3. The minimum Gasteiger partial charge on any atom is -0.508 e. The number of fused-ring (bicyclic) bond motifs is 1. The van der Waals surface area contributed by atoms with Crippen molar-refractivity contribution in [3.8, 4) is 5.75 Å². The first-order valence-corrected chi connectivity index (χ1v) is 7.85. The Labute approximate surface area is 105 Å². The monoisotopic (exact) mass is 270 g/mol. The van der Waals surface area contributed by atoms with Crippen LogP contribution in [-0.2, 0) is 9.84 Å². The van der Waals surface area contributed by atoms with Crippen molar-refractivity contribution in [3.05, 3.63) is 28.7 Å². The largest absolute Gasteiger partial charge is 0.508 e. The summed E-state index contributed by atoms with van der Waals surface area (Å²) < 4.78 is 24.3. The molecular weight excluding hydrogens is 256 g/mol. The molecule has 0 aromatic heterocycles. The molecule has 1 aromatic carbocycles. The van der Waals surface area contributed by atoms with E-state index in [2.05, 4.69) is 0 Å². The van der Waals surface area contributed by atoms with Gasteiger partial charge in [-0.15, -0.1) is 0 Å². The molecule has 0 saturated heterocycles. The van der Waals surface area contributed by atoms with Crippen molar-refractivity contribution in [2.75, 3.05) is 5.75 Å². The topological polar surface area (TPSA) is 54.4 Å². The minimum atomic E-state index is -3.33. The molecule has 0 amide bonds. The van der Waals surface area contributed by atoms with E-state index in [0.717, 1.165) is 0 Å². The van der Waals surface area contributed by atoms with Gasteiger partial charge >= 0.3 is 0 Å². The van der Waals surface area contributed by atoms with Crippen LogP contribution in [0.1, 0.15) is 19.4 Å². The lowest BCUT2D eigenvalue weighted by Gasteiger charge is -2.06. The molecule has 0 unspecified atom stereocenters. The average molecular weight is 270 g/mol. The van der Waals surface area contributed by atoms with Crippen LogP contribution in [0.15, 0.2) is 28.0 Å². The number of phenolic OH excluding ortho intramolecular Hbond substituents is 1. The molecule has 5 heteroatoms. The number of phenols is 1. The molecule has 0 fully saturated rings. The standard InChI is InChI=1S/C12H14O3S2/c1-8(2)16-7-11-6-9-5-10(13)3-4-12(9)17(11,14)15/h3-6,8,13H,7H2,1-2H3. The third kappa shape index (κ3) is 2.35. The summed E-state index contributed by atoms with van der Waals surface area (Å²) in [5, 5.41) is 9.73. The molecule has 92 valence electrons. The van der Waals surface area contributed by atoms with Gasteiger partial charge in [0, 0.05) is 5.75 Å². The molecule has 0 atom stereocenters. The van der Waals surface area contributed by atoms with Crippen LogP contribution in [0.2, 0.25) is 0 Å². The number of hydrogen-bond donors (Lipinski definition) is 1. The van der Waals surface area contributed by atoms with Crippen molar-refractivity contribution < 1.29 is 13.5 Å². The Bertz CT molecular complexity index is 571. The summed E-state index contributed by atoms with van der Waals surface area (Å²) in [5.74, 6) is 0.572. The Hall–Kier alpha value is -0.940. The molecular formula is C12H14O3S2. The van der Waals surface area contributed by atoms with Gasteiger partial charge in [-0.2, -0.15) is 11.8 Å². The molecule has 1 N–H and O–H groups in total. The molecule has 17 heavy (non-hydrogen) atoms. The summed E-state index contributed by atoms with van der Waals surface area (Å²) in [6.45, 7) is 4.07. The third-order valence-corrected chi connectivity index (χ3v) is 5.73. The number of hydrogen-bond acceptors (Lipinski definition) is 4. The molecule has 0 spiro atoms. The molecule has 2 rings (SSSR count). The van der Waals surface area contributed by atoms with Crippen molar-refractivity contribution in [2.24, 2.45) is 0 Å². The highest BCUT2D eigenvalue weighted by atomic mass is 32.2.